The maximum atomic E-state index is 14.5. The molecule has 0 aliphatic rings. The lowest BCUT2D eigenvalue weighted by Gasteiger charge is -2.14. The van der Waals surface area contributed by atoms with Crippen molar-refractivity contribution in [2.45, 2.75) is 26.2 Å². The summed E-state index contributed by atoms with van der Waals surface area (Å²) in [5.74, 6) is -0.586. The first-order valence-electron chi connectivity index (χ1n) is 6.55. The van der Waals surface area contributed by atoms with Gasteiger partial charge in [-0.15, -0.1) is 0 Å². The molecule has 0 radical (unpaired) electrons. The van der Waals surface area contributed by atoms with Gasteiger partial charge in [0, 0.05) is 27.7 Å². The van der Waals surface area contributed by atoms with E-state index < -0.39 is 5.82 Å². The number of phenols is 1. The van der Waals surface area contributed by atoms with Gasteiger partial charge in [-0.2, -0.15) is 0 Å². The minimum Gasteiger partial charge on any atom is -0.508 e. The highest BCUT2D eigenvalue weighted by atomic mass is 35.5. The minimum atomic E-state index is -0.422. The predicted octanol–water partition coefficient (Wildman–Crippen LogP) is 5.13. The average molecular weight is 328 g/mol. The molecule has 0 aliphatic heterocycles. The molecular formula is C16H16Cl2FNO. The Morgan fingerprint density at radius 1 is 1.19 bits per heavy atom. The number of phenolic OH excluding ortho intramolecular Hbond substituents is 1. The molecule has 5 heteroatoms. The Labute approximate surface area is 133 Å². The van der Waals surface area contributed by atoms with E-state index >= 15 is 0 Å². The van der Waals surface area contributed by atoms with E-state index in [4.69, 9.17) is 28.9 Å². The molecule has 2 nitrogen and oxygen atoms in total. The average Bonchev–Trinajstić information content (AvgIpc) is 2.35. The highest BCUT2D eigenvalue weighted by Gasteiger charge is 2.18. The molecule has 21 heavy (non-hydrogen) atoms. The Bertz CT molecular complexity index is 663. The Hall–Kier alpha value is -1.45. The van der Waals surface area contributed by atoms with Crippen LogP contribution in [0.5, 0.6) is 5.75 Å². The fourth-order valence-corrected chi connectivity index (χ4v) is 2.93. The van der Waals surface area contributed by atoms with Crippen LogP contribution in [0.3, 0.4) is 0 Å². The number of benzene rings is 2. The molecule has 0 aromatic heterocycles. The first-order valence-corrected chi connectivity index (χ1v) is 7.30. The molecule has 2 aromatic carbocycles. The first kappa shape index (κ1) is 15.9. The van der Waals surface area contributed by atoms with Crippen LogP contribution >= 0.6 is 23.2 Å². The van der Waals surface area contributed by atoms with Crippen LogP contribution in [0.2, 0.25) is 10.0 Å². The molecule has 0 aliphatic carbocycles. The van der Waals surface area contributed by atoms with E-state index in [0.29, 0.717) is 32.4 Å². The van der Waals surface area contributed by atoms with Crippen LogP contribution in [0.25, 0.3) is 0 Å². The van der Waals surface area contributed by atoms with Crippen LogP contribution in [-0.4, -0.2) is 5.11 Å². The lowest BCUT2D eigenvalue weighted by molar-refractivity contribution is 0.452. The number of rotatable bonds is 3. The number of nitrogen functional groups attached to an aromatic ring is 1. The van der Waals surface area contributed by atoms with Gasteiger partial charge in [-0.05, 0) is 35.2 Å². The lowest BCUT2D eigenvalue weighted by atomic mass is 9.95. The summed E-state index contributed by atoms with van der Waals surface area (Å²) in [7, 11) is 0. The molecule has 0 saturated carbocycles. The molecule has 0 saturated heterocycles. The number of halogens is 3. The van der Waals surface area contributed by atoms with Crippen LogP contribution in [0, 0.1) is 5.82 Å². The molecule has 112 valence electrons. The summed E-state index contributed by atoms with van der Waals surface area (Å²) in [6.45, 7) is 3.65. The SMILES string of the molecule is CC(C)c1c(O)ccc(Cc2c(Cl)cc(N)cc2Cl)c1F. The molecular weight excluding hydrogens is 312 g/mol. The molecule has 0 spiro atoms. The third-order valence-corrected chi connectivity index (χ3v) is 4.02. The van der Waals surface area contributed by atoms with Gasteiger partial charge in [-0.1, -0.05) is 43.1 Å². The fourth-order valence-electron chi connectivity index (χ4n) is 2.30. The Morgan fingerprint density at radius 3 is 2.29 bits per heavy atom. The Kier molecular flexibility index (Phi) is 4.64. The number of nitrogens with two attached hydrogens (primary N) is 1. The summed E-state index contributed by atoms with van der Waals surface area (Å²) in [5.41, 5.74) is 7.47. The smallest absolute Gasteiger partial charge is 0.133 e. The monoisotopic (exact) mass is 327 g/mol. The third-order valence-electron chi connectivity index (χ3n) is 3.34. The van der Waals surface area contributed by atoms with E-state index in [1.54, 1.807) is 18.2 Å². The molecule has 0 amide bonds. The van der Waals surface area contributed by atoms with Crippen LogP contribution in [0.15, 0.2) is 24.3 Å². The van der Waals surface area contributed by atoms with E-state index in [1.807, 2.05) is 13.8 Å². The Morgan fingerprint density at radius 2 is 1.76 bits per heavy atom. The normalized spacial score (nSPS) is 11.1. The number of hydrogen-bond acceptors (Lipinski definition) is 2. The van der Waals surface area contributed by atoms with Gasteiger partial charge in [0.2, 0.25) is 0 Å². The van der Waals surface area contributed by atoms with Crippen molar-refractivity contribution in [3.63, 3.8) is 0 Å². The summed E-state index contributed by atoms with van der Waals surface area (Å²) in [6, 6.07) is 6.21. The molecule has 2 aromatic rings. The number of anilines is 1. The van der Waals surface area contributed by atoms with Crippen molar-refractivity contribution in [2.24, 2.45) is 0 Å². The highest BCUT2D eigenvalue weighted by molar-refractivity contribution is 6.36. The fraction of sp³-hybridized carbons (Fsp3) is 0.250. The van der Waals surface area contributed by atoms with Crippen molar-refractivity contribution >= 4 is 28.9 Å². The van der Waals surface area contributed by atoms with E-state index in [0.717, 1.165) is 0 Å². The van der Waals surface area contributed by atoms with E-state index in [-0.39, 0.29) is 18.1 Å². The van der Waals surface area contributed by atoms with Crippen LogP contribution in [-0.2, 0) is 6.42 Å². The third kappa shape index (κ3) is 3.25. The van der Waals surface area contributed by atoms with Crippen molar-refractivity contribution in [1.82, 2.24) is 0 Å². The molecule has 0 bridgehead atoms. The summed E-state index contributed by atoms with van der Waals surface area (Å²) >= 11 is 12.3. The molecule has 0 unspecified atom stereocenters. The number of hydrogen-bond donors (Lipinski definition) is 2. The van der Waals surface area contributed by atoms with Crippen molar-refractivity contribution in [3.05, 3.63) is 56.8 Å². The second kappa shape index (κ2) is 6.12. The van der Waals surface area contributed by atoms with Gasteiger partial charge in [0.05, 0.1) is 0 Å². The van der Waals surface area contributed by atoms with Gasteiger partial charge in [-0.25, -0.2) is 4.39 Å². The maximum Gasteiger partial charge on any atom is 0.133 e. The predicted molar refractivity (Wildman–Crippen MR) is 85.8 cm³/mol. The summed E-state index contributed by atoms with van der Waals surface area (Å²) in [5, 5.41) is 10.6. The highest BCUT2D eigenvalue weighted by Crippen LogP contribution is 2.34. The van der Waals surface area contributed by atoms with Gasteiger partial charge in [0.15, 0.2) is 0 Å². The van der Waals surface area contributed by atoms with Crippen LogP contribution < -0.4 is 5.73 Å². The van der Waals surface area contributed by atoms with Gasteiger partial charge in [-0.3, -0.25) is 0 Å². The summed E-state index contributed by atoms with van der Waals surface area (Å²) in [4.78, 5) is 0. The second-order valence-corrected chi connectivity index (χ2v) is 6.08. The molecule has 3 N–H and O–H groups in total. The molecule has 2 rings (SSSR count). The largest absolute Gasteiger partial charge is 0.508 e. The standard InChI is InChI=1S/C16H16Cl2FNO/c1-8(2)15-14(21)4-3-9(16(15)19)5-11-12(17)6-10(20)7-13(11)18/h3-4,6-8,21H,5,20H2,1-2H3. The topological polar surface area (TPSA) is 46.2 Å². The second-order valence-electron chi connectivity index (χ2n) is 5.27. The molecule has 0 heterocycles. The van der Waals surface area contributed by atoms with Crippen LogP contribution in [0.4, 0.5) is 10.1 Å². The summed E-state index contributed by atoms with van der Waals surface area (Å²) < 4.78 is 14.5. The van der Waals surface area contributed by atoms with Gasteiger partial charge >= 0.3 is 0 Å². The van der Waals surface area contributed by atoms with E-state index in [9.17, 15) is 9.50 Å². The zero-order chi connectivity index (χ0) is 15.7. The Balaban J connectivity index is 2.48. The van der Waals surface area contributed by atoms with Gasteiger partial charge in [0.1, 0.15) is 11.6 Å². The molecule has 0 fully saturated rings. The number of aromatic hydroxyl groups is 1. The van der Waals surface area contributed by atoms with Crippen LogP contribution in [0.1, 0.15) is 36.5 Å². The summed E-state index contributed by atoms with van der Waals surface area (Å²) in [6.07, 6.45) is 0.240. The van der Waals surface area contributed by atoms with Crippen molar-refractivity contribution in [3.8, 4) is 5.75 Å². The zero-order valence-corrected chi connectivity index (χ0v) is 13.3. The molecule has 0 atom stereocenters. The van der Waals surface area contributed by atoms with Crippen molar-refractivity contribution < 1.29 is 9.50 Å². The lowest BCUT2D eigenvalue weighted by Crippen LogP contribution is -2.01. The van der Waals surface area contributed by atoms with Crippen molar-refractivity contribution in [2.75, 3.05) is 5.73 Å². The minimum absolute atomic E-state index is 0.0410. The zero-order valence-electron chi connectivity index (χ0n) is 11.8. The quantitative estimate of drug-likeness (QED) is 0.767. The van der Waals surface area contributed by atoms with Gasteiger partial charge in [0.25, 0.3) is 0 Å². The van der Waals surface area contributed by atoms with E-state index in [2.05, 4.69) is 0 Å². The van der Waals surface area contributed by atoms with Crippen molar-refractivity contribution in [1.29, 1.82) is 0 Å². The van der Waals surface area contributed by atoms with E-state index in [1.165, 1.54) is 6.07 Å². The van der Waals surface area contributed by atoms with Gasteiger partial charge < -0.3 is 10.8 Å². The maximum absolute atomic E-state index is 14.5. The first-order chi connectivity index (χ1) is 9.81.